The number of hydrogen-bond donors (Lipinski definition) is 2. The Hall–Kier alpha value is -3.26. The highest BCUT2D eigenvalue weighted by molar-refractivity contribution is 7.14. The summed E-state index contributed by atoms with van der Waals surface area (Å²) in [5, 5.41) is 7.87. The van der Waals surface area contributed by atoms with Gasteiger partial charge in [-0.05, 0) is 49.4 Å². The van der Waals surface area contributed by atoms with Crippen LogP contribution < -0.4 is 24.8 Å². The van der Waals surface area contributed by atoms with Gasteiger partial charge in [-0.1, -0.05) is 0 Å². The number of hydrogen-bond acceptors (Lipinski definition) is 6. The lowest BCUT2D eigenvalue weighted by Crippen LogP contribution is -2.19. The van der Waals surface area contributed by atoms with Gasteiger partial charge in [0.2, 0.25) is 0 Å². The SMILES string of the molecule is CCOc1ccc(NC(=O)Nc2nc(-c3ccc(OC)c(OC)c3)cs2)cc1. The van der Waals surface area contributed by atoms with Crippen LogP contribution in [-0.2, 0) is 0 Å². The third kappa shape index (κ3) is 4.72. The maximum absolute atomic E-state index is 12.2. The van der Waals surface area contributed by atoms with Crippen molar-refractivity contribution in [1.82, 2.24) is 4.98 Å². The Labute approximate surface area is 167 Å². The van der Waals surface area contributed by atoms with Gasteiger partial charge in [-0.3, -0.25) is 5.32 Å². The number of methoxy groups -OCH3 is 2. The van der Waals surface area contributed by atoms with Gasteiger partial charge in [-0.15, -0.1) is 11.3 Å². The van der Waals surface area contributed by atoms with E-state index in [1.807, 2.05) is 30.5 Å². The third-order valence-corrected chi connectivity index (χ3v) is 4.58. The minimum Gasteiger partial charge on any atom is -0.494 e. The molecule has 146 valence electrons. The first-order valence-electron chi connectivity index (χ1n) is 8.61. The maximum Gasteiger partial charge on any atom is 0.325 e. The lowest BCUT2D eigenvalue weighted by molar-refractivity contribution is 0.262. The van der Waals surface area contributed by atoms with Crippen LogP contribution >= 0.6 is 11.3 Å². The summed E-state index contributed by atoms with van der Waals surface area (Å²) in [5.41, 5.74) is 2.27. The summed E-state index contributed by atoms with van der Waals surface area (Å²) in [4.78, 5) is 16.7. The fourth-order valence-electron chi connectivity index (χ4n) is 2.52. The third-order valence-electron chi connectivity index (χ3n) is 3.83. The number of nitrogens with one attached hydrogen (secondary N) is 2. The van der Waals surface area contributed by atoms with Gasteiger partial charge >= 0.3 is 6.03 Å². The standard InChI is InChI=1S/C20H21N3O4S/c1-4-27-15-8-6-14(7-9-15)21-19(24)23-20-22-16(12-28-20)13-5-10-17(25-2)18(11-13)26-3/h5-12H,4H2,1-3H3,(H2,21,22,23,24). The zero-order valence-electron chi connectivity index (χ0n) is 15.8. The van der Waals surface area contributed by atoms with Gasteiger partial charge in [-0.25, -0.2) is 9.78 Å². The van der Waals surface area contributed by atoms with Gasteiger partial charge in [0.25, 0.3) is 0 Å². The largest absolute Gasteiger partial charge is 0.494 e. The molecule has 8 heteroatoms. The molecule has 3 aromatic rings. The van der Waals surface area contributed by atoms with E-state index in [0.29, 0.717) is 28.9 Å². The number of ether oxygens (including phenoxy) is 3. The highest BCUT2D eigenvalue weighted by Crippen LogP contribution is 2.33. The first kappa shape index (κ1) is 19.5. The molecule has 2 N–H and O–H groups in total. The quantitative estimate of drug-likeness (QED) is 0.592. The molecule has 2 aromatic carbocycles. The number of benzene rings is 2. The maximum atomic E-state index is 12.2. The summed E-state index contributed by atoms with van der Waals surface area (Å²) in [6.45, 7) is 2.52. The molecular formula is C20H21N3O4S. The summed E-state index contributed by atoms with van der Waals surface area (Å²) in [6, 6.07) is 12.4. The van der Waals surface area contributed by atoms with E-state index in [9.17, 15) is 4.79 Å². The molecule has 0 saturated carbocycles. The molecule has 1 aromatic heterocycles. The number of urea groups is 1. The molecule has 0 saturated heterocycles. The highest BCUT2D eigenvalue weighted by atomic mass is 32.1. The van der Waals surface area contributed by atoms with Gasteiger partial charge in [0, 0.05) is 16.6 Å². The minimum absolute atomic E-state index is 0.364. The van der Waals surface area contributed by atoms with E-state index in [4.69, 9.17) is 14.2 Å². The van der Waals surface area contributed by atoms with Gasteiger partial charge in [-0.2, -0.15) is 0 Å². The van der Waals surface area contributed by atoms with Crippen molar-refractivity contribution >= 4 is 28.2 Å². The van der Waals surface area contributed by atoms with Gasteiger partial charge in [0.05, 0.1) is 26.5 Å². The number of thiazole rings is 1. The zero-order valence-corrected chi connectivity index (χ0v) is 16.6. The second kappa shape index (κ2) is 9.09. The predicted octanol–water partition coefficient (Wildman–Crippen LogP) is 4.87. The van der Waals surface area contributed by atoms with E-state index in [1.165, 1.54) is 11.3 Å². The monoisotopic (exact) mass is 399 g/mol. The number of nitrogens with zero attached hydrogens (tertiary/aromatic N) is 1. The van der Waals surface area contributed by atoms with Crippen molar-refractivity contribution in [2.45, 2.75) is 6.92 Å². The Morgan fingerprint density at radius 3 is 2.46 bits per heavy atom. The number of carbonyl (C=O) groups is 1. The van der Waals surface area contributed by atoms with Crippen LogP contribution in [0.4, 0.5) is 15.6 Å². The van der Waals surface area contributed by atoms with Crippen LogP contribution in [0, 0.1) is 0 Å². The van der Waals surface area contributed by atoms with Crippen LogP contribution in [0.1, 0.15) is 6.92 Å². The molecule has 0 atom stereocenters. The highest BCUT2D eigenvalue weighted by Gasteiger charge is 2.11. The molecule has 0 bridgehead atoms. The van der Waals surface area contributed by atoms with Crippen molar-refractivity contribution < 1.29 is 19.0 Å². The van der Waals surface area contributed by atoms with Crippen molar-refractivity contribution in [3.8, 4) is 28.5 Å². The van der Waals surface area contributed by atoms with Crippen molar-refractivity contribution in [2.75, 3.05) is 31.5 Å². The second-order valence-electron chi connectivity index (χ2n) is 5.64. The molecule has 0 unspecified atom stereocenters. The van der Waals surface area contributed by atoms with Crippen molar-refractivity contribution in [1.29, 1.82) is 0 Å². The van der Waals surface area contributed by atoms with E-state index in [-0.39, 0.29) is 6.03 Å². The Bertz CT molecular complexity index is 941. The van der Waals surface area contributed by atoms with Gasteiger partial charge in [0.1, 0.15) is 5.75 Å². The first-order valence-corrected chi connectivity index (χ1v) is 9.49. The Morgan fingerprint density at radius 2 is 1.79 bits per heavy atom. The second-order valence-corrected chi connectivity index (χ2v) is 6.50. The number of amides is 2. The van der Waals surface area contributed by atoms with E-state index >= 15 is 0 Å². The van der Waals surface area contributed by atoms with Crippen LogP contribution in [0.5, 0.6) is 17.2 Å². The van der Waals surface area contributed by atoms with E-state index < -0.39 is 0 Å². The van der Waals surface area contributed by atoms with E-state index in [1.54, 1.807) is 38.5 Å². The average molecular weight is 399 g/mol. The van der Waals surface area contributed by atoms with Crippen LogP contribution in [0.2, 0.25) is 0 Å². The van der Waals surface area contributed by atoms with Gasteiger partial charge in [0.15, 0.2) is 16.6 Å². The van der Waals surface area contributed by atoms with Crippen LogP contribution in [0.15, 0.2) is 47.8 Å². The molecule has 1 heterocycles. The first-order chi connectivity index (χ1) is 13.6. The molecule has 0 aliphatic carbocycles. The van der Waals surface area contributed by atoms with E-state index in [0.717, 1.165) is 17.0 Å². The molecular weight excluding hydrogens is 378 g/mol. The van der Waals surface area contributed by atoms with E-state index in [2.05, 4.69) is 15.6 Å². The summed E-state index contributed by atoms with van der Waals surface area (Å²) in [7, 11) is 3.17. The lowest BCUT2D eigenvalue weighted by atomic mass is 10.1. The number of rotatable bonds is 7. The molecule has 0 spiro atoms. The Balaban J connectivity index is 1.64. The molecule has 0 aliphatic heterocycles. The molecule has 28 heavy (non-hydrogen) atoms. The average Bonchev–Trinajstić information content (AvgIpc) is 3.17. The fraction of sp³-hybridized carbons (Fsp3) is 0.200. The normalized spacial score (nSPS) is 10.2. The molecule has 0 aliphatic rings. The minimum atomic E-state index is -0.364. The van der Waals surface area contributed by atoms with Crippen molar-refractivity contribution in [3.63, 3.8) is 0 Å². The van der Waals surface area contributed by atoms with Crippen LogP contribution in [0.25, 0.3) is 11.3 Å². The van der Waals surface area contributed by atoms with Crippen LogP contribution in [-0.4, -0.2) is 31.8 Å². The zero-order chi connectivity index (χ0) is 19.9. The van der Waals surface area contributed by atoms with Crippen molar-refractivity contribution in [2.24, 2.45) is 0 Å². The molecule has 7 nitrogen and oxygen atoms in total. The molecule has 0 fully saturated rings. The summed E-state index contributed by atoms with van der Waals surface area (Å²) < 4.78 is 16.0. The predicted molar refractivity (Wildman–Crippen MR) is 111 cm³/mol. The topological polar surface area (TPSA) is 81.7 Å². The smallest absolute Gasteiger partial charge is 0.325 e. The summed E-state index contributed by atoms with van der Waals surface area (Å²) >= 11 is 1.34. The Morgan fingerprint density at radius 1 is 1.04 bits per heavy atom. The fourth-order valence-corrected chi connectivity index (χ4v) is 3.23. The molecule has 2 amide bonds. The van der Waals surface area contributed by atoms with Crippen molar-refractivity contribution in [3.05, 3.63) is 47.8 Å². The summed E-state index contributed by atoms with van der Waals surface area (Å²) in [6.07, 6.45) is 0. The summed E-state index contributed by atoms with van der Waals surface area (Å²) in [5.74, 6) is 2.03. The molecule has 0 radical (unpaired) electrons. The molecule has 3 rings (SSSR count). The van der Waals surface area contributed by atoms with Gasteiger partial charge < -0.3 is 19.5 Å². The lowest BCUT2D eigenvalue weighted by Gasteiger charge is -2.08. The number of aromatic nitrogens is 1. The Kier molecular flexibility index (Phi) is 6.33. The number of anilines is 2. The van der Waals surface area contributed by atoms with Crippen LogP contribution in [0.3, 0.4) is 0 Å². The number of carbonyl (C=O) groups excluding carboxylic acids is 1.